The standard InChI is InChI=1S/C33H46O5/c1-4-7-8-9-14-25-38-31-17-12-11-16-29(31)22-19-27(15-10-13-18-32(34)36-5-2)26-28-20-23-30(24-21-28)33(35)37-6-3/h11-12,16-17,19-24,27H,4-10,13-15,18,25-26H2,1-3H3. The Morgan fingerprint density at radius 2 is 1.55 bits per heavy atom. The molecule has 0 fully saturated rings. The first-order valence-electron chi connectivity index (χ1n) is 14.4. The van der Waals surface area contributed by atoms with E-state index in [4.69, 9.17) is 14.2 Å². The minimum Gasteiger partial charge on any atom is -0.493 e. The zero-order valence-electron chi connectivity index (χ0n) is 23.6. The summed E-state index contributed by atoms with van der Waals surface area (Å²) in [5, 5.41) is 0. The molecule has 2 aromatic rings. The lowest BCUT2D eigenvalue weighted by Gasteiger charge is -2.14. The maximum Gasteiger partial charge on any atom is 0.338 e. The number of ether oxygens (including phenoxy) is 3. The number of rotatable bonds is 19. The van der Waals surface area contributed by atoms with Gasteiger partial charge in [-0.3, -0.25) is 4.79 Å². The average Bonchev–Trinajstić information content (AvgIpc) is 2.92. The Morgan fingerprint density at radius 3 is 2.29 bits per heavy atom. The van der Waals surface area contributed by atoms with Crippen molar-refractivity contribution >= 4 is 18.0 Å². The number of esters is 2. The molecular formula is C33H46O5. The highest BCUT2D eigenvalue weighted by Gasteiger charge is 2.11. The molecule has 1 atom stereocenters. The average molecular weight is 523 g/mol. The Morgan fingerprint density at radius 1 is 0.816 bits per heavy atom. The van der Waals surface area contributed by atoms with Crippen molar-refractivity contribution in [2.75, 3.05) is 19.8 Å². The number of carbonyl (C=O) groups is 2. The maximum atomic E-state index is 12.0. The molecular weight excluding hydrogens is 476 g/mol. The molecule has 5 heteroatoms. The van der Waals surface area contributed by atoms with Crippen molar-refractivity contribution in [3.8, 4) is 5.75 Å². The highest BCUT2D eigenvalue weighted by atomic mass is 16.5. The predicted octanol–water partition coefficient (Wildman–Crippen LogP) is 8.21. The van der Waals surface area contributed by atoms with Gasteiger partial charge in [-0.25, -0.2) is 4.79 Å². The quantitative estimate of drug-likeness (QED) is 0.137. The first-order valence-corrected chi connectivity index (χ1v) is 14.4. The summed E-state index contributed by atoms with van der Waals surface area (Å²) in [7, 11) is 0. The molecule has 2 aromatic carbocycles. The molecule has 0 heterocycles. The van der Waals surface area contributed by atoms with Crippen molar-refractivity contribution in [2.45, 2.75) is 85.0 Å². The van der Waals surface area contributed by atoms with Gasteiger partial charge in [-0.2, -0.15) is 0 Å². The molecule has 0 N–H and O–H groups in total. The third kappa shape index (κ3) is 12.4. The van der Waals surface area contributed by atoms with E-state index in [-0.39, 0.29) is 17.9 Å². The van der Waals surface area contributed by atoms with E-state index in [0.29, 0.717) is 25.2 Å². The van der Waals surface area contributed by atoms with Crippen LogP contribution < -0.4 is 4.74 Å². The van der Waals surface area contributed by atoms with Crippen LogP contribution in [0.5, 0.6) is 5.75 Å². The van der Waals surface area contributed by atoms with Crippen LogP contribution in [0.4, 0.5) is 0 Å². The first-order chi connectivity index (χ1) is 18.6. The van der Waals surface area contributed by atoms with E-state index in [1.807, 2.05) is 56.3 Å². The molecule has 0 aromatic heterocycles. The van der Waals surface area contributed by atoms with Crippen LogP contribution in [-0.2, 0) is 20.7 Å². The molecule has 0 saturated carbocycles. The lowest BCUT2D eigenvalue weighted by atomic mass is 9.92. The number of hydrogen-bond donors (Lipinski definition) is 0. The number of hydrogen-bond acceptors (Lipinski definition) is 5. The van der Waals surface area contributed by atoms with Crippen molar-refractivity contribution in [3.63, 3.8) is 0 Å². The summed E-state index contributed by atoms with van der Waals surface area (Å²) >= 11 is 0. The van der Waals surface area contributed by atoms with Gasteiger partial charge in [-0.15, -0.1) is 0 Å². The summed E-state index contributed by atoms with van der Waals surface area (Å²) in [6.07, 6.45) is 14.5. The Kier molecular flexibility index (Phi) is 15.6. The van der Waals surface area contributed by atoms with Gasteiger partial charge in [-0.1, -0.05) is 81.5 Å². The molecule has 0 spiro atoms. The number of carbonyl (C=O) groups excluding carboxylic acids is 2. The van der Waals surface area contributed by atoms with Crippen LogP contribution in [0.15, 0.2) is 54.6 Å². The van der Waals surface area contributed by atoms with E-state index in [1.165, 1.54) is 25.7 Å². The van der Waals surface area contributed by atoms with Crippen LogP contribution in [0.1, 0.15) is 100 Å². The Bertz CT molecular complexity index is 964. The van der Waals surface area contributed by atoms with Gasteiger partial charge in [0.2, 0.25) is 0 Å². The summed E-state index contributed by atoms with van der Waals surface area (Å²) in [5.41, 5.74) is 2.81. The van der Waals surface area contributed by atoms with Gasteiger partial charge in [-0.05, 0) is 69.2 Å². The summed E-state index contributed by atoms with van der Waals surface area (Å²) in [6.45, 7) is 7.39. The minimum atomic E-state index is -0.295. The van der Waals surface area contributed by atoms with Gasteiger partial charge < -0.3 is 14.2 Å². The second-order valence-corrected chi connectivity index (χ2v) is 9.59. The zero-order valence-corrected chi connectivity index (χ0v) is 23.6. The SMILES string of the molecule is CCCCCCCOc1ccccc1C=CC(CCCCC(=O)OCC)Cc1ccc(C(=O)OCC)cc1. The summed E-state index contributed by atoms with van der Waals surface area (Å²) in [6, 6.07) is 15.8. The van der Waals surface area contributed by atoms with Gasteiger partial charge in [0, 0.05) is 12.0 Å². The predicted molar refractivity (Wildman–Crippen MR) is 154 cm³/mol. The van der Waals surface area contributed by atoms with Crippen LogP contribution in [-0.4, -0.2) is 31.8 Å². The van der Waals surface area contributed by atoms with Crippen molar-refractivity contribution in [1.29, 1.82) is 0 Å². The van der Waals surface area contributed by atoms with E-state index >= 15 is 0 Å². The second kappa shape index (κ2) is 19.1. The normalized spacial score (nSPS) is 11.9. The third-order valence-corrected chi connectivity index (χ3v) is 6.45. The lowest BCUT2D eigenvalue weighted by Crippen LogP contribution is -2.06. The topological polar surface area (TPSA) is 61.8 Å². The van der Waals surface area contributed by atoms with Gasteiger partial charge >= 0.3 is 11.9 Å². The van der Waals surface area contributed by atoms with Crippen LogP contribution in [0, 0.1) is 5.92 Å². The Balaban J connectivity index is 2.04. The summed E-state index contributed by atoms with van der Waals surface area (Å²) in [5.74, 6) is 0.776. The molecule has 0 radical (unpaired) electrons. The molecule has 0 aliphatic rings. The van der Waals surface area contributed by atoms with E-state index in [0.717, 1.165) is 55.6 Å². The van der Waals surface area contributed by atoms with Gasteiger partial charge in [0.1, 0.15) is 5.75 Å². The maximum absolute atomic E-state index is 12.0. The fraction of sp³-hybridized carbons (Fsp3) is 0.515. The van der Waals surface area contributed by atoms with Gasteiger partial charge in [0.15, 0.2) is 0 Å². The van der Waals surface area contributed by atoms with Crippen molar-refractivity contribution in [2.24, 2.45) is 5.92 Å². The van der Waals surface area contributed by atoms with Crippen LogP contribution >= 0.6 is 0 Å². The number of para-hydroxylation sites is 1. The van der Waals surface area contributed by atoms with Gasteiger partial charge in [0.25, 0.3) is 0 Å². The van der Waals surface area contributed by atoms with Crippen molar-refractivity contribution < 1.29 is 23.8 Å². The number of benzene rings is 2. The molecule has 1 unspecified atom stereocenters. The molecule has 5 nitrogen and oxygen atoms in total. The minimum absolute atomic E-state index is 0.130. The lowest BCUT2D eigenvalue weighted by molar-refractivity contribution is -0.143. The fourth-order valence-electron chi connectivity index (χ4n) is 4.35. The number of allylic oxidation sites excluding steroid dienone is 1. The van der Waals surface area contributed by atoms with E-state index in [1.54, 1.807) is 0 Å². The molecule has 208 valence electrons. The highest BCUT2D eigenvalue weighted by Crippen LogP contribution is 2.24. The molecule has 0 amide bonds. The Hall–Kier alpha value is -3.08. The smallest absolute Gasteiger partial charge is 0.338 e. The molecule has 0 aliphatic heterocycles. The Labute approximate surface area is 229 Å². The van der Waals surface area contributed by atoms with Crippen molar-refractivity contribution in [3.05, 3.63) is 71.3 Å². The summed E-state index contributed by atoms with van der Waals surface area (Å²) < 4.78 is 16.3. The largest absolute Gasteiger partial charge is 0.493 e. The zero-order chi connectivity index (χ0) is 27.4. The molecule has 0 aliphatic carbocycles. The molecule has 0 bridgehead atoms. The van der Waals surface area contributed by atoms with Crippen LogP contribution in [0.3, 0.4) is 0 Å². The molecule has 38 heavy (non-hydrogen) atoms. The molecule has 0 saturated heterocycles. The van der Waals surface area contributed by atoms with Gasteiger partial charge in [0.05, 0.1) is 25.4 Å². The summed E-state index contributed by atoms with van der Waals surface area (Å²) in [4.78, 5) is 23.7. The van der Waals surface area contributed by atoms with Crippen molar-refractivity contribution in [1.82, 2.24) is 0 Å². The van der Waals surface area contributed by atoms with E-state index in [9.17, 15) is 9.59 Å². The highest BCUT2D eigenvalue weighted by molar-refractivity contribution is 5.89. The van der Waals surface area contributed by atoms with Crippen LogP contribution in [0.2, 0.25) is 0 Å². The third-order valence-electron chi connectivity index (χ3n) is 6.45. The van der Waals surface area contributed by atoms with E-state index in [2.05, 4.69) is 25.1 Å². The molecule has 2 rings (SSSR count). The second-order valence-electron chi connectivity index (χ2n) is 9.59. The fourth-order valence-corrected chi connectivity index (χ4v) is 4.35. The first kappa shape index (κ1) is 31.1. The monoisotopic (exact) mass is 522 g/mol. The van der Waals surface area contributed by atoms with Crippen LogP contribution in [0.25, 0.3) is 6.08 Å². The number of unbranched alkanes of at least 4 members (excludes halogenated alkanes) is 5. The van der Waals surface area contributed by atoms with E-state index < -0.39 is 0 Å².